The molecule has 0 aromatic carbocycles. The third-order valence-electron chi connectivity index (χ3n) is 1.51. The SMILES string of the molecule is Cn1cc(-c2ccco2)cn1. The Labute approximate surface area is 64.3 Å². The molecule has 3 heteroatoms. The topological polar surface area (TPSA) is 31.0 Å². The third kappa shape index (κ3) is 1.05. The number of hydrogen-bond donors (Lipinski definition) is 0. The minimum atomic E-state index is 0.859. The van der Waals surface area contributed by atoms with E-state index in [4.69, 9.17) is 4.42 Å². The minimum Gasteiger partial charge on any atom is -0.464 e. The molecular weight excluding hydrogens is 140 g/mol. The van der Waals surface area contributed by atoms with Crippen molar-refractivity contribution in [1.82, 2.24) is 9.78 Å². The highest BCUT2D eigenvalue weighted by atomic mass is 16.3. The van der Waals surface area contributed by atoms with E-state index in [1.165, 1.54) is 0 Å². The van der Waals surface area contributed by atoms with Crippen LogP contribution in [0.15, 0.2) is 35.2 Å². The van der Waals surface area contributed by atoms with Crippen molar-refractivity contribution in [3.05, 3.63) is 30.8 Å². The monoisotopic (exact) mass is 148 g/mol. The molecule has 2 aromatic heterocycles. The third-order valence-corrected chi connectivity index (χ3v) is 1.51. The molecule has 0 aliphatic carbocycles. The molecule has 0 saturated heterocycles. The van der Waals surface area contributed by atoms with Gasteiger partial charge in [-0.15, -0.1) is 0 Å². The van der Waals surface area contributed by atoms with Crippen molar-refractivity contribution in [2.45, 2.75) is 0 Å². The molecule has 0 saturated carbocycles. The van der Waals surface area contributed by atoms with Crippen molar-refractivity contribution < 1.29 is 4.42 Å². The fourth-order valence-corrected chi connectivity index (χ4v) is 0.991. The largest absolute Gasteiger partial charge is 0.464 e. The van der Waals surface area contributed by atoms with E-state index in [0.717, 1.165) is 11.3 Å². The van der Waals surface area contributed by atoms with Gasteiger partial charge in [-0.25, -0.2) is 0 Å². The average Bonchev–Trinajstić information content (AvgIpc) is 2.55. The van der Waals surface area contributed by atoms with Gasteiger partial charge in [0.1, 0.15) is 5.76 Å². The minimum absolute atomic E-state index is 0.859. The molecule has 3 nitrogen and oxygen atoms in total. The summed E-state index contributed by atoms with van der Waals surface area (Å²) in [6.45, 7) is 0. The molecule has 0 aliphatic rings. The summed E-state index contributed by atoms with van der Waals surface area (Å²) in [4.78, 5) is 0. The lowest BCUT2D eigenvalue weighted by atomic mass is 10.3. The lowest BCUT2D eigenvalue weighted by Gasteiger charge is -1.85. The molecule has 0 spiro atoms. The van der Waals surface area contributed by atoms with Crippen LogP contribution in [0.5, 0.6) is 0 Å². The molecular formula is C8H8N2O. The summed E-state index contributed by atoms with van der Waals surface area (Å²) >= 11 is 0. The normalized spacial score (nSPS) is 10.3. The zero-order valence-electron chi connectivity index (χ0n) is 6.19. The summed E-state index contributed by atoms with van der Waals surface area (Å²) in [5.74, 6) is 0.859. The van der Waals surface area contributed by atoms with Crippen molar-refractivity contribution in [3.8, 4) is 11.3 Å². The van der Waals surface area contributed by atoms with Gasteiger partial charge in [-0.05, 0) is 12.1 Å². The van der Waals surface area contributed by atoms with Gasteiger partial charge in [0.15, 0.2) is 0 Å². The van der Waals surface area contributed by atoms with Crippen molar-refractivity contribution in [2.24, 2.45) is 7.05 Å². The van der Waals surface area contributed by atoms with Gasteiger partial charge in [-0.3, -0.25) is 4.68 Å². The van der Waals surface area contributed by atoms with E-state index in [-0.39, 0.29) is 0 Å². The Hall–Kier alpha value is -1.51. The zero-order chi connectivity index (χ0) is 7.68. The predicted octanol–water partition coefficient (Wildman–Crippen LogP) is 1.68. The second kappa shape index (κ2) is 2.27. The second-order valence-electron chi connectivity index (χ2n) is 2.38. The first-order valence-electron chi connectivity index (χ1n) is 3.39. The van der Waals surface area contributed by atoms with Crippen molar-refractivity contribution in [1.29, 1.82) is 0 Å². The Morgan fingerprint density at radius 2 is 2.45 bits per heavy atom. The molecule has 2 rings (SSSR count). The number of nitrogens with zero attached hydrogens (tertiary/aromatic N) is 2. The molecule has 2 heterocycles. The molecule has 0 fully saturated rings. The standard InChI is InChI=1S/C8H8N2O/c1-10-6-7(5-9-10)8-3-2-4-11-8/h2-6H,1H3. The Morgan fingerprint density at radius 1 is 1.55 bits per heavy atom. The van der Waals surface area contributed by atoms with E-state index in [9.17, 15) is 0 Å². The smallest absolute Gasteiger partial charge is 0.137 e. The highest BCUT2D eigenvalue weighted by molar-refractivity contribution is 5.54. The number of aromatic nitrogens is 2. The highest BCUT2D eigenvalue weighted by Crippen LogP contribution is 2.17. The van der Waals surface area contributed by atoms with Crippen LogP contribution in [0.4, 0.5) is 0 Å². The molecule has 0 radical (unpaired) electrons. The van der Waals surface area contributed by atoms with Crippen LogP contribution in [0.3, 0.4) is 0 Å². The molecule has 2 aromatic rings. The molecule has 0 N–H and O–H groups in total. The first kappa shape index (κ1) is 6.22. The van der Waals surface area contributed by atoms with Crippen LogP contribution in [-0.2, 0) is 7.05 Å². The van der Waals surface area contributed by atoms with Crippen LogP contribution in [0.2, 0.25) is 0 Å². The molecule has 0 unspecified atom stereocenters. The van der Waals surface area contributed by atoms with Crippen molar-refractivity contribution >= 4 is 0 Å². The summed E-state index contributed by atoms with van der Waals surface area (Å²) in [6.07, 6.45) is 5.35. The Bertz CT molecular complexity index is 335. The first-order valence-corrected chi connectivity index (χ1v) is 3.39. The quantitative estimate of drug-likeness (QED) is 0.616. The maximum Gasteiger partial charge on any atom is 0.137 e. The molecule has 56 valence electrons. The average molecular weight is 148 g/mol. The van der Waals surface area contributed by atoms with E-state index in [1.54, 1.807) is 17.1 Å². The number of hydrogen-bond acceptors (Lipinski definition) is 2. The first-order chi connectivity index (χ1) is 5.36. The van der Waals surface area contributed by atoms with Gasteiger partial charge in [0.25, 0.3) is 0 Å². The van der Waals surface area contributed by atoms with E-state index in [1.807, 2.05) is 25.4 Å². The maximum atomic E-state index is 5.18. The van der Waals surface area contributed by atoms with Gasteiger partial charge in [-0.2, -0.15) is 5.10 Å². The van der Waals surface area contributed by atoms with Crippen molar-refractivity contribution in [3.63, 3.8) is 0 Å². The summed E-state index contributed by atoms with van der Waals surface area (Å²) < 4.78 is 6.93. The van der Waals surface area contributed by atoms with Crippen LogP contribution >= 0.6 is 0 Å². The Balaban J connectivity index is 2.45. The molecule has 11 heavy (non-hydrogen) atoms. The summed E-state index contributed by atoms with van der Waals surface area (Å²) in [7, 11) is 1.88. The zero-order valence-corrected chi connectivity index (χ0v) is 6.19. The number of furan rings is 1. The summed E-state index contributed by atoms with van der Waals surface area (Å²) in [5.41, 5.74) is 1.01. The summed E-state index contributed by atoms with van der Waals surface area (Å²) in [6, 6.07) is 3.78. The number of rotatable bonds is 1. The van der Waals surface area contributed by atoms with Gasteiger partial charge in [-0.1, -0.05) is 0 Å². The lowest BCUT2D eigenvalue weighted by Crippen LogP contribution is -1.83. The summed E-state index contributed by atoms with van der Waals surface area (Å²) in [5, 5.41) is 4.03. The van der Waals surface area contributed by atoms with Crippen molar-refractivity contribution in [2.75, 3.05) is 0 Å². The Morgan fingerprint density at radius 3 is 3.00 bits per heavy atom. The van der Waals surface area contributed by atoms with Gasteiger partial charge in [0.2, 0.25) is 0 Å². The van der Waals surface area contributed by atoms with E-state index in [2.05, 4.69) is 5.10 Å². The van der Waals surface area contributed by atoms with Crippen LogP contribution in [-0.4, -0.2) is 9.78 Å². The fraction of sp³-hybridized carbons (Fsp3) is 0.125. The lowest BCUT2D eigenvalue weighted by molar-refractivity contribution is 0.582. The molecule has 0 amide bonds. The van der Waals surface area contributed by atoms with E-state index >= 15 is 0 Å². The van der Waals surface area contributed by atoms with E-state index < -0.39 is 0 Å². The van der Waals surface area contributed by atoms with Crippen LogP contribution < -0.4 is 0 Å². The fourth-order valence-electron chi connectivity index (χ4n) is 0.991. The number of aryl methyl sites for hydroxylation is 1. The van der Waals surface area contributed by atoms with Gasteiger partial charge >= 0.3 is 0 Å². The van der Waals surface area contributed by atoms with Gasteiger partial charge in [0.05, 0.1) is 18.0 Å². The predicted molar refractivity (Wildman–Crippen MR) is 40.9 cm³/mol. The second-order valence-corrected chi connectivity index (χ2v) is 2.38. The van der Waals surface area contributed by atoms with Crippen LogP contribution in [0.25, 0.3) is 11.3 Å². The van der Waals surface area contributed by atoms with E-state index in [0.29, 0.717) is 0 Å². The van der Waals surface area contributed by atoms with Crippen LogP contribution in [0.1, 0.15) is 0 Å². The van der Waals surface area contributed by atoms with Gasteiger partial charge < -0.3 is 4.42 Å². The molecule has 0 bridgehead atoms. The molecule has 0 atom stereocenters. The molecule has 0 aliphatic heterocycles. The maximum absolute atomic E-state index is 5.18. The van der Waals surface area contributed by atoms with Crippen LogP contribution in [0, 0.1) is 0 Å². The highest BCUT2D eigenvalue weighted by Gasteiger charge is 2.00. The van der Waals surface area contributed by atoms with Gasteiger partial charge in [0, 0.05) is 13.2 Å². The Kier molecular flexibility index (Phi) is 1.28.